The van der Waals surface area contributed by atoms with Gasteiger partial charge in [-0.15, -0.1) is 0 Å². The molecule has 3 heteroatoms. The molecule has 2 rings (SSSR count). The largest absolute Gasteiger partial charge is 0.497 e. The van der Waals surface area contributed by atoms with E-state index in [1.165, 1.54) is 10.5 Å². The molecule has 17 heavy (non-hydrogen) atoms. The molecule has 2 aromatic rings. The summed E-state index contributed by atoms with van der Waals surface area (Å²) in [5, 5.41) is 0. The van der Waals surface area contributed by atoms with E-state index < -0.39 is 0 Å². The van der Waals surface area contributed by atoms with Crippen molar-refractivity contribution in [2.45, 2.75) is 16.7 Å². The Kier molecular flexibility index (Phi) is 3.59. The van der Waals surface area contributed by atoms with Crippen molar-refractivity contribution in [3.8, 4) is 5.75 Å². The second-order valence-electron chi connectivity index (χ2n) is 3.86. The highest BCUT2D eigenvalue weighted by Gasteiger charge is 2.02. The lowest BCUT2D eigenvalue weighted by molar-refractivity contribution is 0.414. The summed E-state index contributed by atoms with van der Waals surface area (Å²) in [6, 6.07) is 14.2. The van der Waals surface area contributed by atoms with Crippen LogP contribution in [0, 0.1) is 6.92 Å². The first-order valence-corrected chi connectivity index (χ1v) is 6.18. The molecular formula is C14H15NOS. The fourth-order valence-corrected chi connectivity index (χ4v) is 2.62. The van der Waals surface area contributed by atoms with E-state index in [9.17, 15) is 0 Å². The molecule has 0 unspecified atom stereocenters. The number of aryl methyl sites for hydroxylation is 1. The van der Waals surface area contributed by atoms with E-state index in [0.717, 1.165) is 16.3 Å². The number of nitrogen functional groups attached to an aromatic ring is 1. The maximum Gasteiger partial charge on any atom is 0.122 e. The topological polar surface area (TPSA) is 35.2 Å². The monoisotopic (exact) mass is 245 g/mol. The van der Waals surface area contributed by atoms with Crippen LogP contribution in [-0.4, -0.2) is 7.11 Å². The molecule has 88 valence electrons. The Hall–Kier alpha value is -1.61. The molecule has 2 aromatic carbocycles. The maximum atomic E-state index is 5.83. The van der Waals surface area contributed by atoms with E-state index >= 15 is 0 Å². The van der Waals surface area contributed by atoms with Crippen molar-refractivity contribution in [3.05, 3.63) is 48.0 Å². The van der Waals surface area contributed by atoms with Gasteiger partial charge in [-0.1, -0.05) is 29.5 Å². The van der Waals surface area contributed by atoms with Crippen LogP contribution in [-0.2, 0) is 0 Å². The van der Waals surface area contributed by atoms with Crippen LogP contribution in [0.2, 0.25) is 0 Å². The van der Waals surface area contributed by atoms with Crippen molar-refractivity contribution in [3.63, 3.8) is 0 Å². The molecule has 2 N–H and O–H groups in total. The lowest BCUT2D eigenvalue weighted by Gasteiger charge is -2.07. The minimum absolute atomic E-state index is 0.722. The molecule has 0 aliphatic rings. The van der Waals surface area contributed by atoms with Crippen LogP contribution in [0.15, 0.2) is 52.3 Å². The molecule has 0 amide bonds. The molecule has 0 spiro atoms. The first-order chi connectivity index (χ1) is 8.17. The summed E-state index contributed by atoms with van der Waals surface area (Å²) >= 11 is 1.69. The van der Waals surface area contributed by atoms with Crippen LogP contribution < -0.4 is 10.5 Å². The predicted molar refractivity (Wildman–Crippen MR) is 72.7 cm³/mol. The molecule has 0 aromatic heterocycles. The van der Waals surface area contributed by atoms with E-state index in [1.54, 1.807) is 18.9 Å². The van der Waals surface area contributed by atoms with Gasteiger partial charge in [-0.25, -0.2) is 0 Å². The number of methoxy groups -OCH3 is 1. The lowest BCUT2D eigenvalue weighted by Crippen LogP contribution is -1.89. The highest BCUT2D eigenvalue weighted by atomic mass is 32.2. The Bertz CT molecular complexity index is 525. The van der Waals surface area contributed by atoms with Gasteiger partial charge < -0.3 is 10.5 Å². The molecule has 0 atom stereocenters. The molecular weight excluding hydrogens is 230 g/mol. The van der Waals surface area contributed by atoms with Crippen LogP contribution in [0.1, 0.15) is 5.56 Å². The van der Waals surface area contributed by atoms with Crippen LogP contribution in [0.4, 0.5) is 5.69 Å². The van der Waals surface area contributed by atoms with E-state index in [4.69, 9.17) is 10.5 Å². The summed E-state index contributed by atoms with van der Waals surface area (Å²) in [7, 11) is 1.65. The molecule has 2 nitrogen and oxygen atoms in total. The Labute approximate surface area is 106 Å². The van der Waals surface area contributed by atoms with Crippen molar-refractivity contribution in [2.75, 3.05) is 12.8 Å². The Balaban J connectivity index is 2.26. The zero-order valence-corrected chi connectivity index (χ0v) is 10.8. The van der Waals surface area contributed by atoms with Crippen LogP contribution >= 0.6 is 11.8 Å². The summed E-state index contributed by atoms with van der Waals surface area (Å²) in [4.78, 5) is 2.30. The van der Waals surface area contributed by atoms with Gasteiger partial charge in [-0.3, -0.25) is 0 Å². The molecule has 0 radical (unpaired) electrons. The van der Waals surface area contributed by atoms with Crippen molar-refractivity contribution >= 4 is 17.4 Å². The van der Waals surface area contributed by atoms with Gasteiger partial charge in [0.05, 0.1) is 7.11 Å². The summed E-state index contributed by atoms with van der Waals surface area (Å²) in [6.45, 7) is 2.09. The van der Waals surface area contributed by atoms with Gasteiger partial charge in [0.2, 0.25) is 0 Å². The first-order valence-electron chi connectivity index (χ1n) is 5.36. The zero-order valence-electron chi connectivity index (χ0n) is 9.94. The summed E-state index contributed by atoms with van der Waals surface area (Å²) in [5.74, 6) is 0.792. The maximum absolute atomic E-state index is 5.83. The standard InChI is InChI=1S/C14H15NOS/c1-10-4-3-5-13(6-10)17-14-8-11(15)7-12(9-14)16-2/h3-9H,15H2,1-2H3. The van der Waals surface area contributed by atoms with Crippen LogP contribution in [0.5, 0.6) is 5.75 Å². The Morgan fingerprint density at radius 2 is 1.88 bits per heavy atom. The number of hydrogen-bond donors (Lipinski definition) is 1. The van der Waals surface area contributed by atoms with Gasteiger partial charge in [0, 0.05) is 21.5 Å². The summed E-state index contributed by atoms with van der Waals surface area (Å²) < 4.78 is 5.20. The molecule has 0 saturated carbocycles. The normalized spacial score (nSPS) is 10.2. The average molecular weight is 245 g/mol. The fourth-order valence-electron chi connectivity index (χ4n) is 1.59. The van der Waals surface area contributed by atoms with E-state index in [1.807, 2.05) is 18.2 Å². The van der Waals surface area contributed by atoms with Crippen LogP contribution in [0.25, 0.3) is 0 Å². The van der Waals surface area contributed by atoms with Gasteiger partial charge >= 0.3 is 0 Å². The predicted octanol–water partition coefficient (Wildman–Crippen LogP) is 3.74. The van der Waals surface area contributed by atoms with Crippen molar-refractivity contribution in [2.24, 2.45) is 0 Å². The van der Waals surface area contributed by atoms with Crippen molar-refractivity contribution in [1.29, 1.82) is 0 Å². The highest BCUT2D eigenvalue weighted by Crippen LogP contribution is 2.32. The van der Waals surface area contributed by atoms with Crippen molar-refractivity contribution < 1.29 is 4.74 Å². The molecule has 0 aliphatic carbocycles. The highest BCUT2D eigenvalue weighted by molar-refractivity contribution is 7.99. The minimum Gasteiger partial charge on any atom is -0.497 e. The van der Waals surface area contributed by atoms with Crippen LogP contribution in [0.3, 0.4) is 0 Å². The van der Waals surface area contributed by atoms with Gasteiger partial charge in [0.25, 0.3) is 0 Å². The second-order valence-corrected chi connectivity index (χ2v) is 5.01. The quantitative estimate of drug-likeness (QED) is 0.837. The first kappa shape index (κ1) is 11.9. The SMILES string of the molecule is COc1cc(N)cc(Sc2cccc(C)c2)c1. The van der Waals surface area contributed by atoms with E-state index in [-0.39, 0.29) is 0 Å². The smallest absolute Gasteiger partial charge is 0.122 e. The number of hydrogen-bond acceptors (Lipinski definition) is 3. The molecule has 0 saturated heterocycles. The number of rotatable bonds is 3. The second kappa shape index (κ2) is 5.15. The van der Waals surface area contributed by atoms with E-state index in [0.29, 0.717) is 0 Å². The third-order valence-electron chi connectivity index (χ3n) is 2.36. The number of anilines is 1. The van der Waals surface area contributed by atoms with Crippen molar-refractivity contribution in [1.82, 2.24) is 0 Å². The third-order valence-corrected chi connectivity index (χ3v) is 3.32. The Morgan fingerprint density at radius 3 is 2.59 bits per heavy atom. The zero-order chi connectivity index (χ0) is 12.3. The van der Waals surface area contributed by atoms with E-state index in [2.05, 4.69) is 31.2 Å². The molecule has 0 bridgehead atoms. The molecule has 0 fully saturated rings. The third kappa shape index (κ3) is 3.17. The minimum atomic E-state index is 0.722. The van der Waals surface area contributed by atoms with Gasteiger partial charge in [-0.2, -0.15) is 0 Å². The number of ether oxygens (including phenoxy) is 1. The number of benzene rings is 2. The average Bonchev–Trinajstić information content (AvgIpc) is 2.28. The summed E-state index contributed by atoms with van der Waals surface area (Å²) in [6.07, 6.45) is 0. The Morgan fingerprint density at radius 1 is 1.06 bits per heavy atom. The lowest BCUT2D eigenvalue weighted by atomic mass is 10.2. The van der Waals surface area contributed by atoms with Gasteiger partial charge in [0.1, 0.15) is 5.75 Å². The number of nitrogens with two attached hydrogens (primary N) is 1. The fraction of sp³-hybridized carbons (Fsp3) is 0.143. The van der Waals surface area contributed by atoms with Gasteiger partial charge in [-0.05, 0) is 31.2 Å². The molecule has 0 heterocycles. The van der Waals surface area contributed by atoms with Gasteiger partial charge in [0.15, 0.2) is 0 Å². The summed E-state index contributed by atoms with van der Waals surface area (Å²) in [5.41, 5.74) is 7.80. The molecule has 0 aliphatic heterocycles.